The van der Waals surface area contributed by atoms with Gasteiger partial charge in [-0.1, -0.05) is 0 Å². The fourth-order valence-corrected chi connectivity index (χ4v) is 4.32. The van der Waals surface area contributed by atoms with E-state index in [4.69, 9.17) is 0 Å². The zero-order chi connectivity index (χ0) is 15.5. The van der Waals surface area contributed by atoms with Gasteiger partial charge in [-0.05, 0) is 12.1 Å². The van der Waals surface area contributed by atoms with Crippen LogP contribution in [-0.4, -0.2) is 52.9 Å². The first kappa shape index (κ1) is 15.3. The minimum absolute atomic E-state index is 0.01000. The molecule has 1 atom stereocenters. The Hall–Kier alpha value is -1.60. The SMILES string of the molecule is CN(C)c1ccnc(C(=O)N2CCSC[C@H]2c2nccs2)c1. The number of hydrogen-bond donors (Lipinski definition) is 0. The number of hydrogen-bond acceptors (Lipinski definition) is 6. The van der Waals surface area contributed by atoms with E-state index in [-0.39, 0.29) is 11.9 Å². The number of thiazole rings is 1. The number of aromatic nitrogens is 2. The van der Waals surface area contributed by atoms with Crippen molar-refractivity contribution < 1.29 is 4.79 Å². The molecule has 1 aliphatic rings. The molecule has 0 radical (unpaired) electrons. The lowest BCUT2D eigenvalue weighted by Crippen LogP contribution is -2.41. The third-order valence-electron chi connectivity index (χ3n) is 3.60. The molecule has 0 unspecified atom stereocenters. The summed E-state index contributed by atoms with van der Waals surface area (Å²) in [6, 6.07) is 3.81. The van der Waals surface area contributed by atoms with Gasteiger partial charge in [0.15, 0.2) is 0 Å². The number of rotatable bonds is 3. The van der Waals surface area contributed by atoms with Gasteiger partial charge < -0.3 is 9.80 Å². The Morgan fingerprint density at radius 2 is 2.23 bits per heavy atom. The van der Waals surface area contributed by atoms with Crippen LogP contribution in [-0.2, 0) is 0 Å². The predicted octanol–water partition coefficient (Wildman–Crippen LogP) is 2.53. The number of nitrogens with zero attached hydrogens (tertiary/aromatic N) is 4. The number of amides is 1. The molecular weight excluding hydrogens is 316 g/mol. The van der Waals surface area contributed by atoms with E-state index in [0.29, 0.717) is 5.69 Å². The molecule has 1 fully saturated rings. The molecule has 7 heteroatoms. The van der Waals surface area contributed by atoms with Crippen LogP contribution in [0.1, 0.15) is 21.5 Å². The number of pyridine rings is 1. The predicted molar refractivity (Wildman–Crippen MR) is 91.8 cm³/mol. The second-order valence-corrected chi connectivity index (χ2v) is 7.33. The van der Waals surface area contributed by atoms with Crippen LogP contribution >= 0.6 is 23.1 Å². The van der Waals surface area contributed by atoms with Crippen molar-refractivity contribution in [3.8, 4) is 0 Å². The molecule has 2 aromatic rings. The lowest BCUT2D eigenvalue weighted by Gasteiger charge is -2.34. The molecule has 0 aromatic carbocycles. The molecule has 0 spiro atoms. The molecule has 0 aliphatic carbocycles. The highest BCUT2D eigenvalue weighted by Gasteiger charge is 2.31. The summed E-state index contributed by atoms with van der Waals surface area (Å²) in [5.74, 6) is 1.84. The number of anilines is 1. The summed E-state index contributed by atoms with van der Waals surface area (Å²) < 4.78 is 0. The minimum atomic E-state index is -0.01000. The van der Waals surface area contributed by atoms with Crippen LogP contribution in [0.15, 0.2) is 29.9 Å². The van der Waals surface area contributed by atoms with E-state index in [9.17, 15) is 4.79 Å². The van der Waals surface area contributed by atoms with E-state index < -0.39 is 0 Å². The maximum Gasteiger partial charge on any atom is 0.273 e. The number of carbonyl (C=O) groups is 1. The third kappa shape index (κ3) is 3.10. The molecule has 1 aliphatic heterocycles. The van der Waals surface area contributed by atoms with Crippen molar-refractivity contribution in [2.45, 2.75) is 6.04 Å². The van der Waals surface area contributed by atoms with E-state index in [1.807, 2.05) is 53.2 Å². The van der Waals surface area contributed by atoms with Crippen molar-refractivity contribution in [2.24, 2.45) is 0 Å². The highest BCUT2D eigenvalue weighted by molar-refractivity contribution is 7.99. The van der Waals surface area contributed by atoms with Gasteiger partial charge >= 0.3 is 0 Å². The third-order valence-corrected chi connectivity index (χ3v) is 5.50. The Kier molecular flexibility index (Phi) is 4.63. The fraction of sp³-hybridized carbons (Fsp3) is 0.400. The quantitative estimate of drug-likeness (QED) is 0.863. The van der Waals surface area contributed by atoms with Gasteiger partial charge in [0.1, 0.15) is 10.7 Å². The van der Waals surface area contributed by atoms with Gasteiger partial charge in [-0.3, -0.25) is 9.78 Å². The molecule has 2 aromatic heterocycles. The second kappa shape index (κ2) is 6.66. The molecule has 1 saturated heterocycles. The van der Waals surface area contributed by atoms with Crippen LogP contribution in [0.2, 0.25) is 0 Å². The summed E-state index contributed by atoms with van der Waals surface area (Å²) in [4.78, 5) is 25.4. The average Bonchev–Trinajstić information content (AvgIpc) is 3.08. The largest absolute Gasteiger partial charge is 0.378 e. The second-order valence-electron chi connectivity index (χ2n) is 5.25. The summed E-state index contributed by atoms with van der Waals surface area (Å²) in [6.45, 7) is 0.738. The van der Waals surface area contributed by atoms with Crippen LogP contribution in [0.25, 0.3) is 0 Å². The maximum absolute atomic E-state index is 12.9. The van der Waals surface area contributed by atoms with Gasteiger partial charge in [-0.15, -0.1) is 11.3 Å². The van der Waals surface area contributed by atoms with E-state index >= 15 is 0 Å². The molecule has 0 N–H and O–H groups in total. The van der Waals surface area contributed by atoms with E-state index in [1.165, 1.54) is 0 Å². The van der Waals surface area contributed by atoms with E-state index in [2.05, 4.69) is 9.97 Å². The van der Waals surface area contributed by atoms with Gasteiger partial charge in [0.25, 0.3) is 5.91 Å². The zero-order valence-electron chi connectivity index (χ0n) is 12.6. The molecule has 0 bridgehead atoms. The lowest BCUT2D eigenvalue weighted by atomic mass is 10.2. The normalized spacial score (nSPS) is 18.3. The summed E-state index contributed by atoms with van der Waals surface area (Å²) in [7, 11) is 3.92. The zero-order valence-corrected chi connectivity index (χ0v) is 14.2. The molecule has 3 heterocycles. The molecule has 5 nitrogen and oxygen atoms in total. The molecule has 22 heavy (non-hydrogen) atoms. The summed E-state index contributed by atoms with van der Waals surface area (Å²) in [6.07, 6.45) is 3.49. The van der Waals surface area contributed by atoms with Gasteiger partial charge in [0.2, 0.25) is 0 Å². The lowest BCUT2D eigenvalue weighted by molar-refractivity contribution is 0.0695. The maximum atomic E-state index is 12.9. The Balaban J connectivity index is 1.87. The van der Waals surface area contributed by atoms with Crippen LogP contribution in [0, 0.1) is 0 Å². The minimum Gasteiger partial charge on any atom is -0.378 e. The van der Waals surface area contributed by atoms with Crippen molar-refractivity contribution in [1.29, 1.82) is 0 Å². The van der Waals surface area contributed by atoms with Crippen molar-refractivity contribution in [1.82, 2.24) is 14.9 Å². The standard InChI is InChI=1S/C15H18N4OS2/c1-18(2)11-3-4-16-12(9-11)15(20)19-6-8-21-10-13(19)14-17-5-7-22-14/h3-5,7,9,13H,6,8,10H2,1-2H3/t13-/m0/s1. The summed E-state index contributed by atoms with van der Waals surface area (Å²) in [5.41, 5.74) is 1.48. The Morgan fingerprint density at radius 3 is 2.95 bits per heavy atom. The van der Waals surface area contributed by atoms with E-state index in [1.54, 1.807) is 23.7 Å². The number of carbonyl (C=O) groups excluding carboxylic acids is 1. The molecule has 3 rings (SSSR count). The molecule has 116 valence electrons. The first-order valence-electron chi connectivity index (χ1n) is 7.08. The number of thioether (sulfide) groups is 1. The van der Waals surface area contributed by atoms with Gasteiger partial charge in [0, 0.05) is 55.6 Å². The summed E-state index contributed by atoms with van der Waals surface area (Å²) in [5, 5.41) is 2.96. The first-order valence-corrected chi connectivity index (χ1v) is 9.11. The Morgan fingerprint density at radius 1 is 1.36 bits per heavy atom. The van der Waals surface area contributed by atoms with Gasteiger partial charge in [-0.2, -0.15) is 11.8 Å². The monoisotopic (exact) mass is 334 g/mol. The summed E-state index contributed by atoms with van der Waals surface area (Å²) >= 11 is 3.48. The van der Waals surface area contributed by atoms with Crippen LogP contribution in [0.4, 0.5) is 5.69 Å². The van der Waals surface area contributed by atoms with Crippen LogP contribution in [0.5, 0.6) is 0 Å². The Bertz CT molecular complexity index is 645. The van der Waals surface area contributed by atoms with Gasteiger partial charge in [-0.25, -0.2) is 4.98 Å². The Labute approximate surface area is 138 Å². The van der Waals surface area contributed by atoms with Crippen molar-refractivity contribution >= 4 is 34.7 Å². The van der Waals surface area contributed by atoms with E-state index in [0.717, 1.165) is 28.7 Å². The molecule has 0 saturated carbocycles. The topological polar surface area (TPSA) is 49.3 Å². The molecular formula is C15H18N4OS2. The fourth-order valence-electron chi connectivity index (χ4n) is 2.41. The van der Waals surface area contributed by atoms with Crippen LogP contribution < -0.4 is 4.90 Å². The highest BCUT2D eigenvalue weighted by Crippen LogP contribution is 2.31. The van der Waals surface area contributed by atoms with Crippen molar-refractivity contribution in [2.75, 3.05) is 37.0 Å². The average molecular weight is 334 g/mol. The molecule has 1 amide bonds. The highest BCUT2D eigenvalue weighted by atomic mass is 32.2. The van der Waals surface area contributed by atoms with Gasteiger partial charge in [0.05, 0.1) is 6.04 Å². The van der Waals surface area contributed by atoms with Crippen molar-refractivity contribution in [3.63, 3.8) is 0 Å². The van der Waals surface area contributed by atoms with Crippen molar-refractivity contribution in [3.05, 3.63) is 40.6 Å². The smallest absolute Gasteiger partial charge is 0.273 e. The van der Waals surface area contributed by atoms with Crippen LogP contribution in [0.3, 0.4) is 0 Å². The first-order chi connectivity index (χ1) is 10.7.